The van der Waals surface area contributed by atoms with Crippen LogP contribution in [0, 0.1) is 11.6 Å². The number of nitrogens with zero attached hydrogens (tertiary/aromatic N) is 3. The summed E-state index contributed by atoms with van der Waals surface area (Å²) in [7, 11) is 0. The molecule has 2 N–H and O–H groups in total. The number of aliphatic hydroxyl groups is 2. The lowest BCUT2D eigenvalue weighted by Crippen LogP contribution is -2.69. The van der Waals surface area contributed by atoms with Gasteiger partial charge in [-0.15, -0.1) is 11.8 Å². The van der Waals surface area contributed by atoms with E-state index in [0.717, 1.165) is 36.8 Å². The lowest BCUT2D eigenvalue weighted by molar-refractivity contribution is -0.204. The van der Waals surface area contributed by atoms with E-state index in [0.29, 0.717) is 31.0 Å². The first-order chi connectivity index (χ1) is 16.5. The van der Waals surface area contributed by atoms with Crippen molar-refractivity contribution in [2.45, 2.75) is 56.2 Å². The Kier molecular flexibility index (Phi) is 5.59. The normalized spacial score (nSPS) is 30.0. The largest absolute Gasteiger partial charge is 0.507 e. The van der Waals surface area contributed by atoms with E-state index < -0.39 is 29.9 Å². The topological polar surface area (TPSA) is 76.5 Å². The zero-order valence-corrected chi connectivity index (χ0v) is 19.5. The molecular weight excluding hydrogens is 464 g/mol. The Morgan fingerprint density at radius 3 is 2.76 bits per heavy atom. The standard InChI is InChI=1S/C24H27F2N3O4S/c25-16-9-13-12-34-19-4-2-1-3-14(19)21(15(13)10-17(16)26)29-20-11-33-8-7-27(20)24(32)22-23(31)18(30)5-6-28(22)29/h9-10,18,20-21,30-31H,1-8,11-12H2/t18?,20-,21?/m1/s1. The van der Waals surface area contributed by atoms with Crippen molar-refractivity contribution in [3.8, 4) is 0 Å². The third-order valence-corrected chi connectivity index (χ3v) is 8.78. The van der Waals surface area contributed by atoms with E-state index in [1.54, 1.807) is 21.7 Å². The molecule has 1 aromatic carbocycles. The average Bonchev–Trinajstić information content (AvgIpc) is 2.99. The second kappa shape index (κ2) is 8.51. The van der Waals surface area contributed by atoms with Crippen molar-refractivity contribution in [1.82, 2.24) is 14.9 Å². The fraction of sp³-hybridized carbons (Fsp3) is 0.542. The van der Waals surface area contributed by atoms with Gasteiger partial charge in [0.1, 0.15) is 12.3 Å². The number of thioether (sulfide) groups is 1. The van der Waals surface area contributed by atoms with Crippen LogP contribution in [0.1, 0.15) is 49.3 Å². The van der Waals surface area contributed by atoms with Crippen LogP contribution in [-0.2, 0) is 15.3 Å². The lowest BCUT2D eigenvalue weighted by Gasteiger charge is -2.56. The Morgan fingerprint density at radius 2 is 1.91 bits per heavy atom. The van der Waals surface area contributed by atoms with Gasteiger partial charge in [0, 0.05) is 18.8 Å². The van der Waals surface area contributed by atoms with E-state index in [1.807, 2.05) is 5.01 Å². The van der Waals surface area contributed by atoms with Crippen molar-refractivity contribution in [2.24, 2.45) is 0 Å². The van der Waals surface area contributed by atoms with Gasteiger partial charge >= 0.3 is 0 Å². The molecule has 3 atom stereocenters. The number of aliphatic hydroxyl groups excluding tert-OH is 2. The Morgan fingerprint density at radius 1 is 1.12 bits per heavy atom. The number of halogens is 2. The number of carbonyl (C=O) groups is 1. The molecule has 1 aromatic rings. The molecule has 6 rings (SSSR count). The highest BCUT2D eigenvalue weighted by atomic mass is 32.2. The van der Waals surface area contributed by atoms with Crippen LogP contribution < -0.4 is 0 Å². The van der Waals surface area contributed by atoms with E-state index in [4.69, 9.17) is 4.74 Å². The van der Waals surface area contributed by atoms with Gasteiger partial charge in [-0.2, -0.15) is 5.01 Å². The van der Waals surface area contributed by atoms with Crippen LogP contribution in [0.3, 0.4) is 0 Å². The highest BCUT2D eigenvalue weighted by Crippen LogP contribution is 2.50. The van der Waals surface area contributed by atoms with Crippen LogP contribution >= 0.6 is 11.8 Å². The molecule has 5 aliphatic rings. The molecule has 2 fully saturated rings. The number of hydrazine groups is 1. The minimum Gasteiger partial charge on any atom is -0.507 e. The summed E-state index contributed by atoms with van der Waals surface area (Å²) in [5.41, 5.74) is 2.64. The van der Waals surface area contributed by atoms with Crippen LogP contribution in [0.4, 0.5) is 8.78 Å². The highest BCUT2D eigenvalue weighted by molar-refractivity contribution is 8.02. The zero-order chi connectivity index (χ0) is 23.6. The molecule has 1 amide bonds. The van der Waals surface area contributed by atoms with Crippen molar-refractivity contribution in [2.75, 3.05) is 26.3 Å². The second-order valence-electron chi connectivity index (χ2n) is 9.41. The van der Waals surface area contributed by atoms with Crippen molar-refractivity contribution >= 4 is 17.7 Å². The average molecular weight is 492 g/mol. The summed E-state index contributed by atoms with van der Waals surface area (Å²) in [5.74, 6) is -1.89. The molecule has 0 spiro atoms. The number of ether oxygens (including phenoxy) is 1. The highest BCUT2D eigenvalue weighted by Gasteiger charge is 2.51. The summed E-state index contributed by atoms with van der Waals surface area (Å²) >= 11 is 1.69. The van der Waals surface area contributed by atoms with Gasteiger partial charge in [0.05, 0.1) is 19.3 Å². The summed E-state index contributed by atoms with van der Waals surface area (Å²) < 4.78 is 34.7. The maximum absolute atomic E-state index is 14.6. The van der Waals surface area contributed by atoms with Crippen molar-refractivity contribution < 1.29 is 28.5 Å². The third-order valence-electron chi connectivity index (χ3n) is 7.51. The summed E-state index contributed by atoms with van der Waals surface area (Å²) in [6.07, 6.45) is 2.49. The predicted octanol–water partition coefficient (Wildman–Crippen LogP) is 3.33. The number of amides is 1. The molecular formula is C24H27F2N3O4S. The number of benzene rings is 1. The minimum atomic E-state index is -1.11. The number of morpholine rings is 1. The van der Waals surface area contributed by atoms with Gasteiger partial charge in [-0.3, -0.25) is 9.80 Å². The molecule has 34 heavy (non-hydrogen) atoms. The summed E-state index contributed by atoms with van der Waals surface area (Å²) in [6.45, 7) is 1.31. The first-order valence-electron chi connectivity index (χ1n) is 11.8. The Labute approximate surface area is 200 Å². The zero-order valence-electron chi connectivity index (χ0n) is 18.7. The summed E-state index contributed by atoms with van der Waals surface area (Å²) in [4.78, 5) is 16.3. The maximum atomic E-state index is 14.6. The van der Waals surface area contributed by atoms with Gasteiger partial charge in [-0.1, -0.05) is 0 Å². The molecule has 7 nitrogen and oxygen atoms in total. The fourth-order valence-electron chi connectivity index (χ4n) is 5.88. The van der Waals surface area contributed by atoms with Crippen LogP contribution in [0.15, 0.2) is 34.1 Å². The summed E-state index contributed by atoms with van der Waals surface area (Å²) in [6, 6.07) is 2.16. The van der Waals surface area contributed by atoms with E-state index in [1.165, 1.54) is 17.0 Å². The molecule has 4 heterocycles. The van der Waals surface area contributed by atoms with Gasteiger partial charge in [0.15, 0.2) is 23.1 Å². The van der Waals surface area contributed by atoms with Crippen LogP contribution in [0.5, 0.6) is 0 Å². The first kappa shape index (κ1) is 22.3. The Hall–Kier alpha value is -2.14. The second-order valence-corrected chi connectivity index (χ2v) is 10.5. The number of carbonyl (C=O) groups excluding carboxylic acids is 1. The maximum Gasteiger partial charge on any atom is 0.276 e. The number of fused-ring (bicyclic) bond motifs is 3. The van der Waals surface area contributed by atoms with Crippen LogP contribution in [0.2, 0.25) is 0 Å². The van der Waals surface area contributed by atoms with Crippen molar-refractivity contribution in [3.63, 3.8) is 0 Å². The number of hydrogen-bond donors (Lipinski definition) is 2. The molecule has 1 aliphatic carbocycles. The molecule has 0 saturated carbocycles. The molecule has 10 heteroatoms. The molecule has 4 aliphatic heterocycles. The predicted molar refractivity (Wildman–Crippen MR) is 121 cm³/mol. The van der Waals surface area contributed by atoms with Crippen LogP contribution in [0.25, 0.3) is 0 Å². The summed E-state index contributed by atoms with van der Waals surface area (Å²) in [5, 5.41) is 24.9. The Bertz CT molecular complexity index is 1110. The minimum absolute atomic E-state index is 0.0656. The van der Waals surface area contributed by atoms with Crippen molar-refractivity contribution in [3.05, 3.63) is 56.8 Å². The molecule has 2 unspecified atom stereocenters. The smallest absolute Gasteiger partial charge is 0.276 e. The van der Waals surface area contributed by atoms with E-state index in [-0.39, 0.29) is 30.4 Å². The monoisotopic (exact) mass is 491 g/mol. The Balaban J connectivity index is 1.58. The van der Waals surface area contributed by atoms with Crippen LogP contribution in [-0.4, -0.2) is 69.6 Å². The fourth-order valence-corrected chi connectivity index (χ4v) is 7.15. The van der Waals surface area contributed by atoms with Gasteiger partial charge in [-0.05, 0) is 65.8 Å². The molecule has 182 valence electrons. The molecule has 2 saturated heterocycles. The van der Waals surface area contributed by atoms with Gasteiger partial charge < -0.3 is 19.8 Å². The van der Waals surface area contributed by atoms with Gasteiger partial charge in [-0.25, -0.2) is 8.78 Å². The third kappa shape index (κ3) is 3.37. The quantitative estimate of drug-likeness (QED) is 0.624. The van der Waals surface area contributed by atoms with Gasteiger partial charge in [0.25, 0.3) is 5.91 Å². The first-order valence-corrected chi connectivity index (χ1v) is 12.8. The molecule has 0 aromatic heterocycles. The number of allylic oxidation sites excluding steroid dienone is 1. The van der Waals surface area contributed by atoms with Crippen molar-refractivity contribution in [1.29, 1.82) is 0 Å². The van der Waals surface area contributed by atoms with E-state index in [2.05, 4.69) is 0 Å². The number of rotatable bonds is 1. The number of hydrogen-bond acceptors (Lipinski definition) is 7. The van der Waals surface area contributed by atoms with E-state index >= 15 is 0 Å². The molecule has 0 radical (unpaired) electrons. The lowest BCUT2D eigenvalue weighted by atomic mass is 9.86. The SMILES string of the molecule is O=C1C2=C(O)C(O)CCN2N(C2C3=C(CCCC3)SCc3cc(F)c(F)cc32)[C@@H]2COCCN12. The van der Waals surface area contributed by atoms with Gasteiger partial charge in [0.2, 0.25) is 0 Å². The van der Waals surface area contributed by atoms with E-state index in [9.17, 15) is 23.8 Å². The molecule has 0 bridgehead atoms.